The van der Waals surface area contributed by atoms with Crippen molar-refractivity contribution in [2.24, 2.45) is 0 Å². The summed E-state index contributed by atoms with van der Waals surface area (Å²) in [5, 5.41) is 11.6. The fourth-order valence-electron chi connectivity index (χ4n) is 2.56. The maximum atomic E-state index is 11.7. The second-order valence-corrected chi connectivity index (χ2v) is 5.22. The summed E-state index contributed by atoms with van der Waals surface area (Å²) in [4.78, 5) is 25.5. The van der Waals surface area contributed by atoms with Crippen molar-refractivity contribution < 1.29 is 14.7 Å². The van der Waals surface area contributed by atoms with Crippen molar-refractivity contribution in [1.82, 2.24) is 10.3 Å². The third kappa shape index (κ3) is 3.07. The smallest absolute Gasteiger partial charge is 0.303 e. The van der Waals surface area contributed by atoms with Crippen molar-refractivity contribution in [3.8, 4) is 0 Å². The van der Waals surface area contributed by atoms with E-state index in [1.807, 2.05) is 33.0 Å². The molecule has 0 aromatic carbocycles. The highest BCUT2D eigenvalue weighted by Gasteiger charge is 2.22. The van der Waals surface area contributed by atoms with E-state index in [2.05, 4.69) is 10.3 Å². The van der Waals surface area contributed by atoms with E-state index in [-0.39, 0.29) is 12.3 Å². The van der Waals surface area contributed by atoms with Gasteiger partial charge in [-0.05, 0) is 49.5 Å². The number of hydrogen-bond donors (Lipinski definition) is 3. The molecule has 5 nitrogen and oxygen atoms in total. The monoisotopic (exact) mass is 288 g/mol. The molecule has 0 spiro atoms. The van der Waals surface area contributed by atoms with Gasteiger partial charge in [0, 0.05) is 29.6 Å². The molecule has 0 bridgehead atoms. The maximum absolute atomic E-state index is 11.7. The number of nitrogens with one attached hydrogen (secondary N) is 2. The summed E-state index contributed by atoms with van der Waals surface area (Å²) in [6, 6.07) is 0. The SMILES string of the molecule is CCC1=C(C)C(=O)N/C1=C\c1[nH]cc(CCC(=O)O)c1C. The highest BCUT2D eigenvalue weighted by Crippen LogP contribution is 2.26. The van der Waals surface area contributed by atoms with Crippen LogP contribution < -0.4 is 5.32 Å². The zero-order chi connectivity index (χ0) is 15.6. The fourth-order valence-corrected chi connectivity index (χ4v) is 2.56. The number of aliphatic carboxylic acids is 1. The van der Waals surface area contributed by atoms with Crippen molar-refractivity contribution in [2.75, 3.05) is 0 Å². The Kier molecular flexibility index (Phi) is 4.31. The summed E-state index contributed by atoms with van der Waals surface area (Å²) in [5.41, 5.74) is 5.55. The number of aromatic amines is 1. The lowest BCUT2D eigenvalue weighted by Crippen LogP contribution is -2.15. The van der Waals surface area contributed by atoms with E-state index in [1.165, 1.54) is 0 Å². The second-order valence-electron chi connectivity index (χ2n) is 5.22. The van der Waals surface area contributed by atoms with Gasteiger partial charge in [-0.1, -0.05) is 6.92 Å². The number of aryl methyl sites for hydroxylation is 1. The average Bonchev–Trinajstić information content (AvgIpc) is 2.90. The molecule has 1 aromatic rings. The molecule has 0 aliphatic carbocycles. The minimum atomic E-state index is -0.801. The van der Waals surface area contributed by atoms with E-state index in [0.29, 0.717) is 6.42 Å². The number of H-pyrrole nitrogens is 1. The van der Waals surface area contributed by atoms with Gasteiger partial charge >= 0.3 is 5.97 Å². The molecular formula is C16H20N2O3. The minimum absolute atomic E-state index is 0.0478. The number of carbonyl (C=O) groups excluding carboxylic acids is 1. The van der Waals surface area contributed by atoms with Gasteiger partial charge in [-0.2, -0.15) is 0 Å². The van der Waals surface area contributed by atoms with Crippen LogP contribution in [0.25, 0.3) is 6.08 Å². The van der Waals surface area contributed by atoms with Gasteiger partial charge in [0.2, 0.25) is 0 Å². The minimum Gasteiger partial charge on any atom is -0.481 e. The van der Waals surface area contributed by atoms with Gasteiger partial charge in [-0.25, -0.2) is 0 Å². The Bertz CT molecular complexity index is 650. The van der Waals surface area contributed by atoms with Crippen LogP contribution >= 0.6 is 0 Å². The third-order valence-electron chi connectivity index (χ3n) is 3.90. The van der Waals surface area contributed by atoms with E-state index in [0.717, 1.165) is 40.1 Å². The zero-order valence-electron chi connectivity index (χ0n) is 12.5. The predicted molar refractivity (Wildman–Crippen MR) is 80.6 cm³/mol. The van der Waals surface area contributed by atoms with Crippen LogP contribution in [0.15, 0.2) is 23.0 Å². The van der Waals surface area contributed by atoms with Crippen LogP contribution in [0.2, 0.25) is 0 Å². The van der Waals surface area contributed by atoms with Gasteiger partial charge in [-0.3, -0.25) is 9.59 Å². The first kappa shape index (κ1) is 15.1. The molecule has 0 atom stereocenters. The number of carboxylic acid groups (broad SMARTS) is 1. The number of carbonyl (C=O) groups is 2. The molecule has 0 fully saturated rings. The van der Waals surface area contributed by atoms with E-state index in [1.54, 1.807) is 0 Å². The average molecular weight is 288 g/mol. The Hall–Kier alpha value is -2.30. The Labute approximate surface area is 123 Å². The molecule has 1 aromatic heterocycles. The van der Waals surface area contributed by atoms with E-state index in [9.17, 15) is 9.59 Å². The lowest BCUT2D eigenvalue weighted by molar-refractivity contribution is -0.137. The first-order valence-electron chi connectivity index (χ1n) is 7.05. The largest absolute Gasteiger partial charge is 0.481 e. The summed E-state index contributed by atoms with van der Waals surface area (Å²) in [6.07, 6.45) is 5.17. The quantitative estimate of drug-likeness (QED) is 0.778. The second kappa shape index (κ2) is 5.99. The van der Waals surface area contributed by atoms with E-state index in [4.69, 9.17) is 5.11 Å². The van der Waals surface area contributed by atoms with Crippen molar-refractivity contribution >= 4 is 18.0 Å². The van der Waals surface area contributed by atoms with Crippen LogP contribution in [-0.2, 0) is 16.0 Å². The summed E-state index contributed by atoms with van der Waals surface area (Å²) in [6.45, 7) is 5.81. The third-order valence-corrected chi connectivity index (χ3v) is 3.90. The molecule has 21 heavy (non-hydrogen) atoms. The lowest BCUT2D eigenvalue weighted by atomic mass is 10.0. The number of allylic oxidation sites excluding steroid dienone is 1. The molecular weight excluding hydrogens is 268 g/mol. The lowest BCUT2D eigenvalue weighted by Gasteiger charge is -2.03. The predicted octanol–water partition coefficient (Wildman–Crippen LogP) is 2.54. The Morgan fingerprint density at radius 1 is 1.38 bits per heavy atom. The molecule has 0 saturated carbocycles. The molecule has 1 amide bonds. The van der Waals surface area contributed by atoms with Gasteiger partial charge in [0.15, 0.2) is 0 Å². The van der Waals surface area contributed by atoms with Crippen LogP contribution in [-0.4, -0.2) is 22.0 Å². The van der Waals surface area contributed by atoms with Gasteiger partial charge in [0.25, 0.3) is 5.91 Å². The number of aromatic nitrogens is 1. The summed E-state index contributed by atoms with van der Waals surface area (Å²) >= 11 is 0. The highest BCUT2D eigenvalue weighted by atomic mass is 16.4. The van der Waals surface area contributed by atoms with E-state index >= 15 is 0 Å². The number of hydrogen-bond acceptors (Lipinski definition) is 2. The molecule has 3 N–H and O–H groups in total. The summed E-state index contributed by atoms with van der Waals surface area (Å²) in [5.74, 6) is -0.848. The van der Waals surface area contributed by atoms with Gasteiger partial charge in [0.1, 0.15) is 0 Å². The molecule has 0 unspecified atom stereocenters. The van der Waals surface area contributed by atoms with Crippen LogP contribution in [0, 0.1) is 6.92 Å². The van der Waals surface area contributed by atoms with Gasteiger partial charge in [-0.15, -0.1) is 0 Å². The highest BCUT2D eigenvalue weighted by molar-refractivity contribution is 6.00. The topological polar surface area (TPSA) is 82.2 Å². The van der Waals surface area contributed by atoms with Crippen molar-refractivity contribution in [3.05, 3.63) is 39.9 Å². The molecule has 1 aliphatic rings. The summed E-state index contributed by atoms with van der Waals surface area (Å²) < 4.78 is 0. The van der Waals surface area contributed by atoms with Gasteiger partial charge < -0.3 is 15.4 Å². The van der Waals surface area contributed by atoms with Crippen LogP contribution in [0.3, 0.4) is 0 Å². The van der Waals surface area contributed by atoms with Gasteiger partial charge in [0.05, 0.1) is 0 Å². The summed E-state index contributed by atoms with van der Waals surface area (Å²) in [7, 11) is 0. The number of carboxylic acids is 1. The number of amides is 1. The van der Waals surface area contributed by atoms with Crippen LogP contribution in [0.5, 0.6) is 0 Å². The van der Waals surface area contributed by atoms with E-state index < -0.39 is 5.97 Å². The fraction of sp³-hybridized carbons (Fsp3) is 0.375. The van der Waals surface area contributed by atoms with Crippen LogP contribution in [0.1, 0.15) is 43.5 Å². The molecule has 112 valence electrons. The zero-order valence-corrected chi connectivity index (χ0v) is 12.5. The first-order valence-corrected chi connectivity index (χ1v) is 7.05. The number of rotatable bonds is 5. The standard InChI is InChI=1S/C16H20N2O3/c1-4-12-10(3)16(21)18-14(12)7-13-9(2)11(8-17-13)5-6-15(19)20/h7-8,17H,4-6H2,1-3H3,(H,18,21)(H,19,20)/b14-7-. The van der Waals surface area contributed by atoms with Crippen LogP contribution in [0.4, 0.5) is 0 Å². The Morgan fingerprint density at radius 2 is 2.10 bits per heavy atom. The van der Waals surface area contributed by atoms with Crippen molar-refractivity contribution in [1.29, 1.82) is 0 Å². The first-order chi connectivity index (χ1) is 9.93. The van der Waals surface area contributed by atoms with Crippen molar-refractivity contribution in [3.63, 3.8) is 0 Å². The normalized spacial score (nSPS) is 16.7. The molecule has 5 heteroatoms. The molecule has 0 saturated heterocycles. The maximum Gasteiger partial charge on any atom is 0.303 e. The van der Waals surface area contributed by atoms with Crippen molar-refractivity contribution in [2.45, 2.75) is 40.0 Å². The Balaban J connectivity index is 2.26. The molecule has 2 heterocycles. The molecule has 2 rings (SSSR count). The molecule has 1 aliphatic heterocycles. The molecule has 0 radical (unpaired) electrons. The Morgan fingerprint density at radius 3 is 2.71 bits per heavy atom.